The summed E-state index contributed by atoms with van der Waals surface area (Å²) in [7, 11) is -4.25. The lowest BCUT2D eigenvalue weighted by Crippen LogP contribution is -2.34. The highest BCUT2D eigenvalue weighted by Gasteiger charge is 2.28. The highest BCUT2D eigenvalue weighted by atomic mass is 32.2. The van der Waals surface area contributed by atoms with Crippen LogP contribution in [0.15, 0.2) is 94.7 Å². The molecule has 0 aliphatic carbocycles. The van der Waals surface area contributed by atoms with E-state index >= 15 is 0 Å². The number of ether oxygens (including phenoxy) is 1. The van der Waals surface area contributed by atoms with Gasteiger partial charge in [-0.05, 0) is 72.2 Å². The van der Waals surface area contributed by atoms with Crippen LogP contribution in [0.5, 0.6) is 5.75 Å². The summed E-state index contributed by atoms with van der Waals surface area (Å²) in [6.45, 7) is 5.49. The highest BCUT2D eigenvalue weighted by molar-refractivity contribution is 7.85. The van der Waals surface area contributed by atoms with Gasteiger partial charge in [-0.3, -0.25) is 0 Å². The lowest BCUT2D eigenvalue weighted by atomic mass is 10.1. The molecule has 0 fully saturated rings. The summed E-state index contributed by atoms with van der Waals surface area (Å²) < 4.78 is 48.4. The van der Waals surface area contributed by atoms with Crippen molar-refractivity contribution in [1.82, 2.24) is 0 Å². The number of unbranched alkanes of at least 4 members (excludes halogenated alkanes) is 1. The van der Waals surface area contributed by atoms with Crippen molar-refractivity contribution in [2.75, 3.05) is 17.2 Å². The minimum absolute atomic E-state index is 0.290. The Hall–Kier alpha value is -4.14. The number of hydrogen-bond donors (Lipinski definition) is 0. The van der Waals surface area contributed by atoms with E-state index in [1.807, 2.05) is 42.5 Å². The second-order valence-electron chi connectivity index (χ2n) is 10.3. The Kier molecular flexibility index (Phi) is 7.28. The van der Waals surface area contributed by atoms with E-state index in [2.05, 4.69) is 65.8 Å². The Balaban J connectivity index is 1.39. The first kappa shape index (κ1) is 27.1. The van der Waals surface area contributed by atoms with Crippen molar-refractivity contribution < 1.29 is 26.7 Å². The third-order valence-corrected chi connectivity index (χ3v) is 8.37. The number of hydrogen-bond acceptors (Lipinski definition) is 6. The van der Waals surface area contributed by atoms with Gasteiger partial charge >= 0.3 is 5.89 Å². The summed E-state index contributed by atoms with van der Waals surface area (Å²) in [5.41, 5.74) is 3.86. The molecular formula is C33H32N2O5S. The van der Waals surface area contributed by atoms with Crippen LogP contribution in [0, 0.1) is 0 Å². The Morgan fingerprint density at radius 3 is 2.41 bits per heavy atom. The minimum atomic E-state index is -4.25. The fourth-order valence-electron chi connectivity index (χ4n) is 5.53. The van der Waals surface area contributed by atoms with Crippen LogP contribution in [0.2, 0.25) is 0 Å². The van der Waals surface area contributed by atoms with E-state index in [1.165, 1.54) is 5.39 Å². The molecule has 0 saturated heterocycles. The van der Waals surface area contributed by atoms with Crippen LogP contribution in [0.1, 0.15) is 39.0 Å². The van der Waals surface area contributed by atoms with Crippen molar-refractivity contribution in [2.45, 2.75) is 39.7 Å². The van der Waals surface area contributed by atoms with Crippen molar-refractivity contribution >= 4 is 54.5 Å². The first-order chi connectivity index (χ1) is 19.8. The molecule has 7 nitrogen and oxygen atoms in total. The van der Waals surface area contributed by atoms with Gasteiger partial charge in [-0.25, -0.2) is 8.42 Å². The van der Waals surface area contributed by atoms with Crippen molar-refractivity contribution in [3.63, 3.8) is 0 Å². The van der Waals surface area contributed by atoms with Gasteiger partial charge in [-0.2, -0.15) is 4.57 Å². The summed E-state index contributed by atoms with van der Waals surface area (Å²) in [6, 6.07) is 24.7. The van der Waals surface area contributed by atoms with Gasteiger partial charge in [0.25, 0.3) is 5.52 Å². The summed E-state index contributed by atoms with van der Waals surface area (Å²) in [4.78, 5) is 2.07. The molecule has 6 rings (SSSR count). The van der Waals surface area contributed by atoms with Crippen LogP contribution in [0.4, 0.5) is 5.69 Å². The number of aromatic nitrogens is 1. The molecule has 0 unspecified atom stereocenters. The van der Waals surface area contributed by atoms with Crippen LogP contribution >= 0.6 is 0 Å². The third-order valence-electron chi connectivity index (χ3n) is 7.58. The maximum Gasteiger partial charge on any atom is 0.374 e. The number of rotatable bonds is 9. The summed E-state index contributed by atoms with van der Waals surface area (Å²) >= 11 is 0. The standard InChI is InChI=1S/C33H32N2O5S/c1-3-23(19-31-34(4-2)33-27-14-8-7-11-24(27)15-16-29(33)39-31)20-32-35(17-9-10-18-41(36,37)38)28-21-25-12-5-6-13-26(25)22-30(28)40-32/h5-8,11-16,19-22H,3-4,9-10,17-18H2,1-2H3. The zero-order valence-corrected chi connectivity index (χ0v) is 24.0. The molecule has 4 aromatic carbocycles. The zero-order chi connectivity index (χ0) is 28.6. The van der Waals surface area contributed by atoms with Crippen LogP contribution in [-0.2, 0) is 16.7 Å². The van der Waals surface area contributed by atoms with E-state index in [9.17, 15) is 13.0 Å². The molecule has 8 heteroatoms. The fraction of sp³-hybridized carbons (Fsp3) is 0.242. The quantitative estimate of drug-likeness (QED) is 0.109. The van der Waals surface area contributed by atoms with Gasteiger partial charge in [0.2, 0.25) is 11.5 Å². The van der Waals surface area contributed by atoms with Crippen molar-refractivity contribution in [3.8, 4) is 5.75 Å². The van der Waals surface area contributed by atoms with Crippen LogP contribution in [0.3, 0.4) is 0 Å². The van der Waals surface area contributed by atoms with Gasteiger partial charge in [-0.15, -0.1) is 0 Å². The third kappa shape index (κ3) is 5.45. The molecule has 0 bridgehead atoms. The van der Waals surface area contributed by atoms with Gasteiger partial charge in [0.05, 0.1) is 27.3 Å². The predicted molar refractivity (Wildman–Crippen MR) is 162 cm³/mol. The van der Waals surface area contributed by atoms with Gasteiger partial charge in [0, 0.05) is 18.4 Å². The molecule has 1 aliphatic heterocycles. The molecule has 0 spiro atoms. The average molecular weight is 569 g/mol. The van der Waals surface area contributed by atoms with Gasteiger partial charge in [0.1, 0.15) is 6.54 Å². The average Bonchev–Trinajstić information content (AvgIpc) is 3.49. The molecule has 0 amide bonds. The topological polar surface area (TPSA) is 86.7 Å². The number of benzene rings is 4. The summed E-state index contributed by atoms with van der Waals surface area (Å²) in [5, 5.41) is 4.49. The molecule has 41 heavy (non-hydrogen) atoms. The van der Waals surface area contributed by atoms with E-state index in [0.29, 0.717) is 25.3 Å². The normalized spacial score (nSPS) is 14.9. The van der Waals surface area contributed by atoms with Gasteiger partial charge in [-0.1, -0.05) is 55.5 Å². The molecule has 0 saturated carbocycles. The van der Waals surface area contributed by atoms with E-state index in [4.69, 9.17) is 9.15 Å². The Labute approximate surface area is 239 Å². The highest BCUT2D eigenvalue weighted by Crippen LogP contribution is 2.42. The largest absolute Gasteiger partial charge is 0.748 e. The van der Waals surface area contributed by atoms with Crippen LogP contribution in [0.25, 0.3) is 38.7 Å². The molecule has 1 aromatic heterocycles. The van der Waals surface area contributed by atoms with Crippen LogP contribution < -0.4 is 14.2 Å². The first-order valence-electron chi connectivity index (χ1n) is 14.0. The second-order valence-corrected chi connectivity index (χ2v) is 11.8. The maximum atomic E-state index is 11.2. The first-order valence-corrected chi connectivity index (χ1v) is 15.6. The van der Waals surface area contributed by atoms with E-state index in [0.717, 1.165) is 63.1 Å². The lowest BCUT2D eigenvalue weighted by Gasteiger charge is -2.19. The molecule has 2 heterocycles. The Morgan fingerprint density at radius 2 is 1.68 bits per heavy atom. The van der Waals surface area contributed by atoms with Crippen molar-refractivity contribution in [2.24, 2.45) is 0 Å². The lowest BCUT2D eigenvalue weighted by molar-refractivity contribution is -0.673. The van der Waals surface area contributed by atoms with E-state index in [-0.39, 0.29) is 5.75 Å². The zero-order valence-electron chi connectivity index (χ0n) is 23.2. The fourth-order valence-corrected chi connectivity index (χ4v) is 6.09. The monoisotopic (exact) mass is 568 g/mol. The van der Waals surface area contributed by atoms with E-state index in [1.54, 1.807) is 0 Å². The Morgan fingerprint density at radius 1 is 0.951 bits per heavy atom. The van der Waals surface area contributed by atoms with E-state index < -0.39 is 10.1 Å². The van der Waals surface area contributed by atoms with Crippen LogP contribution in [-0.4, -0.2) is 25.3 Å². The second kappa shape index (κ2) is 11.0. The molecule has 1 aliphatic rings. The maximum absolute atomic E-state index is 11.2. The smallest absolute Gasteiger partial charge is 0.374 e. The summed E-state index contributed by atoms with van der Waals surface area (Å²) in [5.74, 6) is 1.81. The molecule has 5 aromatic rings. The van der Waals surface area contributed by atoms with Crippen molar-refractivity contribution in [3.05, 3.63) is 96.2 Å². The molecule has 0 atom stereocenters. The predicted octanol–water partition coefficient (Wildman–Crippen LogP) is 6.91. The number of fused-ring (bicyclic) bond motifs is 5. The number of oxazole rings is 1. The van der Waals surface area contributed by atoms with Gasteiger partial charge < -0.3 is 18.6 Å². The molecular weight excluding hydrogens is 536 g/mol. The number of aryl methyl sites for hydroxylation is 1. The summed E-state index contributed by atoms with van der Waals surface area (Å²) in [6.07, 6.45) is 5.66. The van der Waals surface area contributed by atoms with Crippen molar-refractivity contribution in [1.29, 1.82) is 0 Å². The van der Waals surface area contributed by atoms with Gasteiger partial charge in [0.15, 0.2) is 5.75 Å². The number of anilines is 1. The molecule has 210 valence electrons. The number of allylic oxidation sites excluding steroid dienone is 2. The Bertz CT molecular complexity index is 1940. The minimum Gasteiger partial charge on any atom is -0.748 e. The molecule has 0 N–H and O–H groups in total. The SMILES string of the molecule is CCC(=Cc1oc2ccc3ccccc3c2[n+]1CC)C=C1Oc2cc3ccccc3cc2N1CCCCS(=O)(=O)[O-]. The molecule has 0 radical (unpaired) electrons. The number of nitrogens with zero attached hydrogens (tertiary/aromatic N) is 2.